The number of benzene rings is 1. The van der Waals surface area contributed by atoms with E-state index < -0.39 is 15.2 Å². The summed E-state index contributed by atoms with van der Waals surface area (Å²) in [5.74, 6) is -0.381. The smallest absolute Gasteiger partial charge is 0.369 e. The monoisotopic (exact) mass is 252 g/mol. The fourth-order valence-corrected chi connectivity index (χ4v) is 1.38. The van der Waals surface area contributed by atoms with Crippen molar-refractivity contribution in [3.8, 4) is 5.75 Å². The van der Waals surface area contributed by atoms with Crippen LogP contribution in [0, 0.1) is 10.1 Å². The van der Waals surface area contributed by atoms with Crippen molar-refractivity contribution in [1.82, 2.24) is 0 Å². The quantitative estimate of drug-likeness (QED) is 0.632. The van der Waals surface area contributed by atoms with Crippen LogP contribution in [0.15, 0.2) is 18.2 Å². The molecule has 0 spiro atoms. The number of nitrogens with zero attached hydrogens (tertiary/aromatic N) is 1. The highest BCUT2D eigenvalue weighted by Gasteiger charge is 2.14. The van der Waals surface area contributed by atoms with Crippen molar-refractivity contribution in [3.63, 3.8) is 0 Å². The summed E-state index contributed by atoms with van der Waals surface area (Å²) in [6.07, 6.45) is 0. The molecule has 1 aromatic rings. The van der Waals surface area contributed by atoms with Gasteiger partial charge < -0.3 is 4.18 Å². The molecule has 0 fully saturated rings. The Morgan fingerprint density at radius 3 is 2.53 bits per heavy atom. The highest BCUT2D eigenvalue weighted by Crippen LogP contribution is 2.29. The van der Waals surface area contributed by atoms with Crippen molar-refractivity contribution in [2.45, 2.75) is 0 Å². The minimum absolute atomic E-state index is 0.0883. The molecule has 0 aliphatic carbocycles. The molecule has 1 rings (SSSR count). The van der Waals surface area contributed by atoms with E-state index >= 15 is 0 Å². The first-order chi connectivity index (χ1) is 6.79. The van der Waals surface area contributed by atoms with Crippen molar-refractivity contribution < 1.29 is 17.5 Å². The summed E-state index contributed by atoms with van der Waals surface area (Å²) in [7, 11) is -4.25. The lowest BCUT2D eigenvalue weighted by Crippen LogP contribution is -2.19. The zero-order valence-electron chi connectivity index (χ0n) is 7.08. The minimum Gasteiger partial charge on any atom is -0.369 e. The van der Waals surface area contributed by atoms with E-state index in [9.17, 15) is 18.5 Å². The van der Waals surface area contributed by atoms with Crippen LogP contribution in [0.2, 0.25) is 5.02 Å². The second-order valence-electron chi connectivity index (χ2n) is 2.45. The van der Waals surface area contributed by atoms with E-state index in [0.29, 0.717) is 0 Å². The van der Waals surface area contributed by atoms with Crippen LogP contribution in [-0.2, 0) is 10.3 Å². The fourth-order valence-electron chi connectivity index (χ4n) is 0.795. The molecule has 0 amide bonds. The van der Waals surface area contributed by atoms with Crippen molar-refractivity contribution in [1.29, 1.82) is 0 Å². The Labute approximate surface area is 89.8 Å². The van der Waals surface area contributed by atoms with E-state index in [1.807, 2.05) is 0 Å². The molecule has 0 aliphatic heterocycles. The predicted molar refractivity (Wildman–Crippen MR) is 51.8 cm³/mol. The standard InChI is InChI=1S/C6H5ClN2O5S/c7-5-2-1-4(9(10)11)3-6(5)14-15(8,12)13/h1-3H,(H2,8,12,13). The Balaban J connectivity index is 3.17. The Morgan fingerprint density at radius 1 is 1.47 bits per heavy atom. The van der Waals surface area contributed by atoms with E-state index in [1.165, 1.54) is 0 Å². The lowest BCUT2D eigenvalue weighted by molar-refractivity contribution is -0.384. The van der Waals surface area contributed by atoms with Gasteiger partial charge in [0.1, 0.15) is 0 Å². The van der Waals surface area contributed by atoms with E-state index in [4.69, 9.17) is 11.6 Å². The maximum Gasteiger partial charge on any atom is 0.380 e. The van der Waals surface area contributed by atoms with Crippen molar-refractivity contribution in [2.24, 2.45) is 5.14 Å². The van der Waals surface area contributed by atoms with E-state index in [-0.39, 0.29) is 16.5 Å². The predicted octanol–water partition coefficient (Wildman–Crippen LogP) is 0.830. The minimum atomic E-state index is -4.25. The number of nitro groups is 1. The van der Waals surface area contributed by atoms with Crippen LogP contribution >= 0.6 is 11.6 Å². The van der Waals surface area contributed by atoms with Gasteiger partial charge in [0.15, 0.2) is 5.75 Å². The largest absolute Gasteiger partial charge is 0.380 e. The number of non-ortho nitro benzene ring substituents is 1. The SMILES string of the molecule is NS(=O)(=O)Oc1cc([N+](=O)[O-])ccc1Cl. The highest BCUT2D eigenvalue weighted by molar-refractivity contribution is 7.84. The van der Waals surface area contributed by atoms with Gasteiger partial charge in [-0.2, -0.15) is 13.6 Å². The van der Waals surface area contributed by atoms with Gasteiger partial charge in [0.2, 0.25) is 0 Å². The van der Waals surface area contributed by atoms with Crippen LogP contribution in [0.1, 0.15) is 0 Å². The lowest BCUT2D eigenvalue weighted by Gasteiger charge is -2.03. The molecule has 0 atom stereocenters. The Kier molecular flexibility index (Phi) is 3.12. The van der Waals surface area contributed by atoms with Crippen LogP contribution in [0.25, 0.3) is 0 Å². The first-order valence-electron chi connectivity index (χ1n) is 3.46. The molecule has 7 nitrogen and oxygen atoms in total. The van der Waals surface area contributed by atoms with Gasteiger partial charge >= 0.3 is 10.3 Å². The van der Waals surface area contributed by atoms with Crippen LogP contribution in [0.3, 0.4) is 0 Å². The molecule has 0 saturated heterocycles. The maximum absolute atomic E-state index is 10.6. The van der Waals surface area contributed by atoms with Gasteiger partial charge in [-0.1, -0.05) is 11.6 Å². The Bertz CT molecular complexity index is 500. The number of nitro benzene ring substituents is 1. The van der Waals surface area contributed by atoms with Crippen LogP contribution in [-0.4, -0.2) is 13.3 Å². The molecule has 0 unspecified atom stereocenters. The number of hydrogen-bond acceptors (Lipinski definition) is 5. The highest BCUT2D eigenvalue weighted by atomic mass is 35.5. The second kappa shape index (κ2) is 4.01. The van der Waals surface area contributed by atoms with E-state index in [1.54, 1.807) is 0 Å². The number of hydrogen-bond donors (Lipinski definition) is 1. The third-order valence-corrected chi connectivity index (χ3v) is 2.06. The van der Waals surface area contributed by atoms with Gasteiger partial charge in [-0.25, -0.2) is 0 Å². The molecule has 82 valence electrons. The summed E-state index contributed by atoms with van der Waals surface area (Å²) in [4.78, 5) is 9.64. The summed E-state index contributed by atoms with van der Waals surface area (Å²) in [5, 5.41) is 14.9. The average molecular weight is 253 g/mol. The molecule has 0 aliphatic rings. The van der Waals surface area contributed by atoms with Gasteiger partial charge in [-0.15, -0.1) is 0 Å². The Hall–Kier alpha value is -1.38. The van der Waals surface area contributed by atoms with Gasteiger partial charge in [0, 0.05) is 6.07 Å². The zero-order valence-corrected chi connectivity index (χ0v) is 8.66. The summed E-state index contributed by atoms with van der Waals surface area (Å²) in [5.41, 5.74) is -0.349. The van der Waals surface area contributed by atoms with Crippen molar-refractivity contribution in [2.75, 3.05) is 0 Å². The molecule has 0 bridgehead atoms. The molecule has 0 radical (unpaired) electrons. The van der Waals surface area contributed by atoms with E-state index in [2.05, 4.69) is 9.32 Å². The summed E-state index contributed by atoms with van der Waals surface area (Å²) in [6, 6.07) is 3.12. The molecule has 0 heterocycles. The topological polar surface area (TPSA) is 113 Å². The maximum atomic E-state index is 10.6. The van der Waals surface area contributed by atoms with Crippen molar-refractivity contribution >= 4 is 27.6 Å². The molecule has 15 heavy (non-hydrogen) atoms. The van der Waals surface area contributed by atoms with Crippen LogP contribution < -0.4 is 9.32 Å². The second-order valence-corrected chi connectivity index (χ2v) is 4.01. The number of nitrogens with two attached hydrogens (primary N) is 1. The van der Waals surface area contributed by atoms with Crippen LogP contribution in [0.4, 0.5) is 5.69 Å². The summed E-state index contributed by atoms with van der Waals surface area (Å²) in [6.45, 7) is 0. The average Bonchev–Trinajstić information content (AvgIpc) is 2.06. The number of rotatable bonds is 3. The Morgan fingerprint density at radius 2 is 2.07 bits per heavy atom. The third-order valence-electron chi connectivity index (χ3n) is 1.33. The molecule has 0 saturated carbocycles. The molecule has 1 aromatic carbocycles. The summed E-state index contributed by atoms with van der Waals surface area (Å²) < 4.78 is 25.4. The van der Waals surface area contributed by atoms with Crippen LogP contribution in [0.5, 0.6) is 5.75 Å². The summed E-state index contributed by atoms with van der Waals surface area (Å²) >= 11 is 5.54. The fraction of sp³-hybridized carbons (Fsp3) is 0. The normalized spacial score (nSPS) is 11.1. The van der Waals surface area contributed by atoms with E-state index in [0.717, 1.165) is 18.2 Å². The van der Waals surface area contributed by atoms with Crippen molar-refractivity contribution in [3.05, 3.63) is 33.3 Å². The molecule has 0 aromatic heterocycles. The number of halogens is 1. The first kappa shape index (κ1) is 11.7. The van der Waals surface area contributed by atoms with Gasteiger partial charge in [0.25, 0.3) is 5.69 Å². The van der Waals surface area contributed by atoms with Gasteiger partial charge in [-0.05, 0) is 6.07 Å². The molecule has 2 N–H and O–H groups in total. The molecular formula is C6H5ClN2O5S. The first-order valence-corrected chi connectivity index (χ1v) is 5.30. The third kappa shape index (κ3) is 3.35. The van der Waals surface area contributed by atoms with Gasteiger partial charge in [-0.3, -0.25) is 10.1 Å². The lowest BCUT2D eigenvalue weighted by atomic mass is 10.3. The van der Waals surface area contributed by atoms with Gasteiger partial charge in [0.05, 0.1) is 16.0 Å². The molecule has 9 heteroatoms. The zero-order chi connectivity index (χ0) is 11.6. The molecular weight excluding hydrogens is 248 g/mol.